The number of anilines is 1. The number of nitrogen functional groups attached to an aromatic ring is 1. The Morgan fingerprint density at radius 1 is 1.30 bits per heavy atom. The first kappa shape index (κ1) is 23.3. The highest BCUT2D eigenvalue weighted by atomic mass is 35.5. The number of piperazine rings is 1. The zero-order valence-corrected chi connectivity index (χ0v) is 19.9. The zero-order valence-electron chi connectivity index (χ0n) is 18.4. The van der Waals surface area contributed by atoms with Crippen molar-refractivity contribution in [3.8, 4) is 5.06 Å². The van der Waals surface area contributed by atoms with E-state index in [0.717, 1.165) is 16.5 Å². The van der Waals surface area contributed by atoms with Gasteiger partial charge in [0.25, 0.3) is 5.91 Å². The molecule has 1 saturated heterocycles. The first-order chi connectivity index (χ1) is 15.9. The monoisotopic (exact) mass is 488 g/mol. The topological polar surface area (TPSA) is 98.0 Å². The quantitative estimate of drug-likeness (QED) is 0.548. The molecule has 174 valence electrons. The Kier molecular flexibility index (Phi) is 7.02. The fourth-order valence-electron chi connectivity index (χ4n) is 3.98. The zero-order chi connectivity index (χ0) is 23.5. The minimum absolute atomic E-state index is 0.106. The molecule has 0 spiro atoms. The lowest BCUT2D eigenvalue weighted by Gasteiger charge is -2.44. The maximum Gasteiger partial charge on any atom is 0.261 e. The molecule has 3 heterocycles. The first-order valence-corrected chi connectivity index (χ1v) is 11.7. The van der Waals surface area contributed by atoms with Gasteiger partial charge in [-0.15, -0.1) is 0 Å². The van der Waals surface area contributed by atoms with Gasteiger partial charge in [-0.1, -0.05) is 35.1 Å². The largest absolute Gasteiger partial charge is 0.474 e. The summed E-state index contributed by atoms with van der Waals surface area (Å²) >= 11 is 7.17. The lowest BCUT2D eigenvalue weighted by molar-refractivity contribution is -0.158. The van der Waals surface area contributed by atoms with E-state index in [2.05, 4.69) is 4.98 Å². The molecule has 2 amide bonds. The van der Waals surface area contributed by atoms with Gasteiger partial charge in [0.15, 0.2) is 11.7 Å². The van der Waals surface area contributed by atoms with Crippen molar-refractivity contribution >= 4 is 51.3 Å². The van der Waals surface area contributed by atoms with Gasteiger partial charge in [0.2, 0.25) is 5.91 Å². The molecule has 8 nitrogen and oxygen atoms in total. The number of pyridine rings is 1. The van der Waals surface area contributed by atoms with Crippen LogP contribution in [0.15, 0.2) is 42.6 Å². The highest BCUT2D eigenvalue weighted by Crippen LogP contribution is 2.28. The van der Waals surface area contributed by atoms with Crippen LogP contribution >= 0.6 is 22.9 Å². The molecule has 4 rings (SSSR count). The third-order valence-corrected chi connectivity index (χ3v) is 6.81. The molecule has 0 saturated carbocycles. The molecule has 1 aliphatic heterocycles. The van der Waals surface area contributed by atoms with Crippen LogP contribution in [-0.4, -0.2) is 65.6 Å². The van der Waals surface area contributed by atoms with E-state index in [4.69, 9.17) is 26.8 Å². The van der Waals surface area contributed by atoms with Gasteiger partial charge < -0.3 is 25.0 Å². The number of ether oxygens (including phenoxy) is 2. The summed E-state index contributed by atoms with van der Waals surface area (Å²) in [6, 6.07) is 10.1. The smallest absolute Gasteiger partial charge is 0.261 e. The SMILES string of the molecule is COC[C@H]1C(=O)N(Cc2ccc3c(N)ccnc3c2)C(C)CN1C(=O)COc1ccc(Cl)s1. The maximum absolute atomic E-state index is 13.4. The number of carbonyl (C=O) groups is 2. The minimum atomic E-state index is -0.719. The maximum atomic E-state index is 13.4. The normalized spacial score (nSPS) is 18.7. The van der Waals surface area contributed by atoms with Crippen molar-refractivity contribution in [2.45, 2.75) is 25.6 Å². The number of thiophene rings is 1. The summed E-state index contributed by atoms with van der Waals surface area (Å²) in [4.78, 5) is 34.0. The number of carbonyl (C=O) groups excluding carboxylic acids is 2. The van der Waals surface area contributed by atoms with Crippen LogP contribution in [-0.2, 0) is 20.9 Å². The van der Waals surface area contributed by atoms with Crippen LogP contribution in [0.4, 0.5) is 5.69 Å². The van der Waals surface area contributed by atoms with Crippen LogP contribution in [0.3, 0.4) is 0 Å². The summed E-state index contributed by atoms with van der Waals surface area (Å²) in [7, 11) is 1.52. The Hall–Kier alpha value is -2.88. The van der Waals surface area contributed by atoms with Crippen LogP contribution in [0.25, 0.3) is 10.9 Å². The van der Waals surface area contributed by atoms with Crippen molar-refractivity contribution in [3.63, 3.8) is 0 Å². The molecule has 3 aromatic rings. The number of methoxy groups -OCH3 is 1. The molecule has 1 aromatic carbocycles. The molecule has 1 aliphatic rings. The van der Waals surface area contributed by atoms with E-state index in [9.17, 15) is 9.59 Å². The van der Waals surface area contributed by atoms with E-state index in [0.29, 0.717) is 28.2 Å². The summed E-state index contributed by atoms with van der Waals surface area (Å²) in [6.45, 7) is 2.65. The molecule has 33 heavy (non-hydrogen) atoms. The predicted molar refractivity (Wildman–Crippen MR) is 128 cm³/mol. The fourth-order valence-corrected chi connectivity index (χ4v) is 4.86. The predicted octanol–water partition coefficient (Wildman–Crippen LogP) is 3.19. The standard InChI is InChI=1S/C23H25ClN4O4S/c1-14-10-28(21(29)13-32-22-6-5-20(24)33-22)19(12-31-2)23(30)27(14)11-15-3-4-16-17(25)7-8-26-18(16)9-15/h3-9,14,19H,10-13H2,1-2H3,(H2,25,26)/t14?,19-/m0/s1. The number of benzene rings is 1. The molecule has 2 aromatic heterocycles. The molecule has 1 unspecified atom stereocenters. The van der Waals surface area contributed by atoms with Crippen LogP contribution in [0.5, 0.6) is 5.06 Å². The van der Waals surface area contributed by atoms with E-state index in [-0.39, 0.29) is 31.1 Å². The molecule has 10 heteroatoms. The number of nitrogens with zero attached hydrogens (tertiary/aromatic N) is 3. The average Bonchev–Trinajstić information content (AvgIpc) is 3.22. The lowest BCUT2D eigenvalue weighted by atomic mass is 10.0. The van der Waals surface area contributed by atoms with Crippen LogP contribution < -0.4 is 10.5 Å². The van der Waals surface area contributed by atoms with Gasteiger partial charge >= 0.3 is 0 Å². The number of halogens is 1. The highest BCUT2D eigenvalue weighted by molar-refractivity contribution is 7.17. The first-order valence-electron chi connectivity index (χ1n) is 10.5. The Morgan fingerprint density at radius 2 is 2.12 bits per heavy atom. The summed E-state index contributed by atoms with van der Waals surface area (Å²) < 4.78 is 11.4. The Bertz CT molecular complexity index is 1170. The lowest BCUT2D eigenvalue weighted by Crippen LogP contribution is -2.63. The second kappa shape index (κ2) is 9.94. The van der Waals surface area contributed by atoms with Crippen molar-refractivity contribution in [2.24, 2.45) is 0 Å². The highest BCUT2D eigenvalue weighted by Gasteiger charge is 2.41. The van der Waals surface area contributed by atoms with Gasteiger partial charge in [-0.3, -0.25) is 14.6 Å². The van der Waals surface area contributed by atoms with Gasteiger partial charge in [0.05, 0.1) is 16.5 Å². The van der Waals surface area contributed by atoms with Gasteiger partial charge in [0.1, 0.15) is 6.04 Å². The van der Waals surface area contributed by atoms with Gasteiger partial charge in [-0.2, -0.15) is 0 Å². The van der Waals surface area contributed by atoms with Crippen molar-refractivity contribution in [2.75, 3.05) is 32.6 Å². The number of nitrogens with two attached hydrogens (primary N) is 1. The van der Waals surface area contributed by atoms with E-state index in [1.807, 2.05) is 25.1 Å². The number of hydrogen-bond donors (Lipinski definition) is 1. The van der Waals surface area contributed by atoms with E-state index in [1.54, 1.807) is 34.2 Å². The van der Waals surface area contributed by atoms with E-state index >= 15 is 0 Å². The average molecular weight is 489 g/mol. The molecule has 0 bridgehead atoms. The van der Waals surface area contributed by atoms with Crippen LogP contribution in [0, 0.1) is 0 Å². The van der Waals surface area contributed by atoms with Crippen molar-refractivity contribution < 1.29 is 19.1 Å². The summed E-state index contributed by atoms with van der Waals surface area (Å²) in [5.74, 6) is -0.435. The van der Waals surface area contributed by atoms with Crippen LogP contribution in [0.1, 0.15) is 12.5 Å². The Balaban J connectivity index is 1.49. The third-order valence-electron chi connectivity index (χ3n) is 5.66. The molecule has 1 fully saturated rings. The number of fused-ring (bicyclic) bond motifs is 1. The van der Waals surface area contributed by atoms with Gasteiger partial charge in [-0.25, -0.2) is 0 Å². The molecule has 0 radical (unpaired) electrons. The summed E-state index contributed by atoms with van der Waals surface area (Å²) in [5.41, 5.74) is 8.40. The molecule has 2 N–H and O–H groups in total. The molecule has 2 atom stereocenters. The third kappa shape index (κ3) is 5.05. The van der Waals surface area contributed by atoms with Gasteiger partial charge in [-0.05, 0) is 36.8 Å². The molecular formula is C23H25ClN4O4S. The number of aromatic nitrogens is 1. The second-order valence-corrected chi connectivity index (χ2v) is 9.61. The molecular weight excluding hydrogens is 464 g/mol. The van der Waals surface area contributed by atoms with Crippen molar-refractivity contribution in [1.82, 2.24) is 14.8 Å². The Labute approximate surface area is 200 Å². The Morgan fingerprint density at radius 3 is 2.85 bits per heavy atom. The van der Waals surface area contributed by atoms with Crippen LogP contribution in [0.2, 0.25) is 4.34 Å². The van der Waals surface area contributed by atoms with Gasteiger partial charge in [0, 0.05) is 43.5 Å². The number of hydrogen-bond acceptors (Lipinski definition) is 7. The van der Waals surface area contributed by atoms with Crippen molar-refractivity contribution in [3.05, 3.63) is 52.5 Å². The minimum Gasteiger partial charge on any atom is -0.474 e. The second-order valence-electron chi connectivity index (χ2n) is 7.93. The fraction of sp³-hybridized carbons (Fsp3) is 0.348. The summed E-state index contributed by atoms with van der Waals surface area (Å²) in [6.07, 6.45) is 1.67. The van der Waals surface area contributed by atoms with Crippen molar-refractivity contribution in [1.29, 1.82) is 0 Å². The number of amides is 2. The molecule has 0 aliphatic carbocycles. The summed E-state index contributed by atoms with van der Waals surface area (Å²) in [5, 5.41) is 1.43. The number of rotatable bonds is 7. The van der Waals surface area contributed by atoms with E-state index in [1.165, 1.54) is 18.4 Å². The van der Waals surface area contributed by atoms with E-state index < -0.39 is 6.04 Å².